The Morgan fingerprint density at radius 2 is 1.53 bits per heavy atom. The molecule has 30 heavy (non-hydrogen) atoms. The highest BCUT2D eigenvalue weighted by molar-refractivity contribution is 6.33. The van der Waals surface area contributed by atoms with Crippen molar-refractivity contribution in [2.75, 3.05) is 19.6 Å². The predicted octanol–water partition coefficient (Wildman–Crippen LogP) is 5.37. The zero-order valence-corrected chi connectivity index (χ0v) is 17.8. The Morgan fingerprint density at radius 3 is 2.17 bits per heavy atom. The summed E-state index contributed by atoms with van der Waals surface area (Å²) in [5.74, 6) is 0.295. The monoisotopic (exact) mass is 418 g/mol. The minimum atomic E-state index is -0.0844. The molecule has 3 aromatic carbocycles. The molecule has 1 unspecified atom stereocenters. The van der Waals surface area contributed by atoms with Crippen LogP contribution in [0.4, 0.5) is 0 Å². The smallest absolute Gasteiger partial charge is 0.253 e. The highest BCUT2D eigenvalue weighted by atomic mass is 35.5. The number of carbonyl (C=O) groups is 1. The quantitative estimate of drug-likeness (QED) is 0.559. The molecule has 4 heteroatoms. The molecule has 1 N–H and O–H groups in total. The average molecular weight is 419 g/mol. The molecule has 1 amide bonds. The van der Waals surface area contributed by atoms with Crippen LogP contribution in [0.25, 0.3) is 0 Å². The van der Waals surface area contributed by atoms with Gasteiger partial charge in [-0.2, -0.15) is 0 Å². The van der Waals surface area contributed by atoms with E-state index in [-0.39, 0.29) is 11.9 Å². The van der Waals surface area contributed by atoms with Gasteiger partial charge in [0.15, 0.2) is 0 Å². The second-order valence-corrected chi connectivity index (χ2v) is 8.31. The topological polar surface area (TPSA) is 32.3 Å². The van der Waals surface area contributed by atoms with Crippen molar-refractivity contribution in [1.82, 2.24) is 10.2 Å². The number of hydrogen-bond acceptors (Lipinski definition) is 2. The van der Waals surface area contributed by atoms with Crippen molar-refractivity contribution in [3.05, 3.63) is 107 Å². The SMILES string of the molecule is O=C(NC1CCN(CCC(c2ccccc2)c2ccccc2)C1)c1ccccc1Cl. The maximum absolute atomic E-state index is 12.6. The maximum Gasteiger partial charge on any atom is 0.253 e. The molecular formula is C26H27ClN2O. The molecule has 4 rings (SSSR count). The van der Waals surface area contributed by atoms with Gasteiger partial charge in [0.1, 0.15) is 0 Å². The number of rotatable bonds is 7. The first-order valence-electron chi connectivity index (χ1n) is 10.6. The van der Waals surface area contributed by atoms with E-state index < -0.39 is 0 Å². The van der Waals surface area contributed by atoms with Gasteiger partial charge in [0.05, 0.1) is 10.6 Å². The fourth-order valence-electron chi connectivity index (χ4n) is 4.27. The van der Waals surface area contributed by atoms with Crippen molar-refractivity contribution < 1.29 is 4.79 Å². The predicted molar refractivity (Wildman–Crippen MR) is 123 cm³/mol. The van der Waals surface area contributed by atoms with Crippen LogP contribution in [0.2, 0.25) is 5.02 Å². The Balaban J connectivity index is 1.35. The number of carbonyl (C=O) groups excluding carboxylic acids is 1. The van der Waals surface area contributed by atoms with Crippen LogP contribution in [-0.4, -0.2) is 36.5 Å². The fraction of sp³-hybridized carbons (Fsp3) is 0.269. The molecule has 0 aliphatic carbocycles. The number of amides is 1. The van der Waals surface area contributed by atoms with Crippen molar-refractivity contribution in [1.29, 1.82) is 0 Å². The van der Waals surface area contributed by atoms with Gasteiger partial charge in [-0.15, -0.1) is 0 Å². The van der Waals surface area contributed by atoms with Gasteiger partial charge in [-0.25, -0.2) is 0 Å². The molecule has 1 aliphatic rings. The van der Waals surface area contributed by atoms with Crippen LogP contribution in [-0.2, 0) is 0 Å². The molecule has 0 saturated carbocycles. The number of nitrogens with one attached hydrogen (secondary N) is 1. The van der Waals surface area contributed by atoms with Crippen molar-refractivity contribution in [3.8, 4) is 0 Å². The van der Waals surface area contributed by atoms with E-state index in [4.69, 9.17) is 11.6 Å². The first kappa shape index (κ1) is 20.6. The summed E-state index contributed by atoms with van der Waals surface area (Å²) < 4.78 is 0. The lowest BCUT2D eigenvalue weighted by molar-refractivity contribution is 0.0938. The van der Waals surface area contributed by atoms with Gasteiger partial charge >= 0.3 is 0 Å². The lowest BCUT2D eigenvalue weighted by atomic mass is 9.88. The van der Waals surface area contributed by atoms with Crippen molar-refractivity contribution in [2.24, 2.45) is 0 Å². The minimum Gasteiger partial charge on any atom is -0.348 e. The van der Waals surface area contributed by atoms with Crippen molar-refractivity contribution in [2.45, 2.75) is 24.8 Å². The maximum atomic E-state index is 12.6. The zero-order chi connectivity index (χ0) is 20.8. The van der Waals surface area contributed by atoms with Gasteiger partial charge in [-0.1, -0.05) is 84.4 Å². The number of benzene rings is 3. The second kappa shape index (κ2) is 9.92. The van der Waals surface area contributed by atoms with Crippen LogP contribution in [0.5, 0.6) is 0 Å². The third-order valence-electron chi connectivity index (χ3n) is 5.86. The standard InChI is InChI=1S/C26H27ClN2O/c27-25-14-8-7-13-24(25)26(30)28-22-15-17-29(19-22)18-16-23(20-9-3-1-4-10-20)21-11-5-2-6-12-21/h1-14,22-23H,15-19H2,(H,28,30). The van der Waals surface area contributed by atoms with E-state index in [0.29, 0.717) is 16.5 Å². The number of likely N-dealkylation sites (tertiary alicyclic amines) is 1. The van der Waals surface area contributed by atoms with Crippen LogP contribution in [0.1, 0.15) is 40.2 Å². The normalized spacial score (nSPS) is 16.7. The van der Waals surface area contributed by atoms with Gasteiger partial charge in [0.25, 0.3) is 5.91 Å². The first-order valence-corrected chi connectivity index (χ1v) is 11.0. The molecule has 0 radical (unpaired) electrons. The van der Waals surface area contributed by atoms with E-state index in [1.54, 1.807) is 12.1 Å². The Kier molecular flexibility index (Phi) is 6.83. The van der Waals surface area contributed by atoms with E-state index in [2.05, 4.69) is 70.9 Å². The third kappa shape index (κ3) is 5.10. The number of hydrogen-bond donors (Lipinski definition) is 1. The van der Waals surface area contributed by atoms with Crippen LogP contribution < -0.4 is 5.32 Å². The second-order valence-electron chi connectivity index (χ2n) is 7.90. The lowest BCUT2D eigenvalue weighted by Crippen LogP contribution is -2.37. The van der Waals surface area contributed by atoms with E-state index in [9.17, 15) is 4.79 Å². The summed E-state index contributed by atoms with van der Waals surface area (Å²) >= 11 is 6.16. The molecule has 1 atom stereocenters. The molecule has 1 fully saturated rings. The summed E-state index contributed by atoms with van der Waals surface area (Å²) in [5.41, 5.74) is 3.25. The van der Waals surface area contributed by atoms with Crippen LogP contribution in [0, 0.1) is 0 Å². The largest absolute Gasteiger partial charge is 0.348 e. The summed E-state index contributed by atoms with van der Waals surface area (Å²) in [6.45, 7) is 2.89. The van der Waals surface area contributed by atoms with E-state index in [1.165, 1.54) is 11.1 Å². The molecule has 1 saturated heterocycles. The van der Waals surface area contributed by atoms with Gasteiger partial charge in [-0.05, 0) is 42.6 Å². The highest BCUT2D eigenvalue weighted by Gasteiger charge is 2.25. The minimum absolute atomic E-state index is 0.0844. The van der Waals surface area contributed by atoms with E-state index in [1.807, 2.05) is 12.1 Å². The molecule has 0 spiro atoms. The molecule has 3 aromatic rings. The number of halogens is 1. The molecule has 0 bridgehead atoms. The summed E-state index contributed by atoms with van der Waals surface area (Å²) in [7, 11) is 0. The van der Waals surface area contributed by atoms with Gasteiger partial charge < -0.3 is 10.2 Å². The summed E-state index contributed by atoms with van der Waals surface area (Å²) in [4.78, 5) is 15.0. The van der Waals surface area contributed by atoms with Crippen LogP contribution in [0.15, 0.2) is 84.9 Å². The molecule has 154 valence electrons. The molecule has 1 heterocycles. The Morgan fingerprint density at radius 1 is 0.933 bits per heavy atom. The third-order valence-corrected chi connectivity index (χ3v) is 6.19. The average Bonchev–Trinajstić information content (AvgIpc) is 3.23. The first-order chi connectivity index (χ1) is 14.7. The van der Waals surface area contributed by atoms with Crippen LogP contribution in [0.3, 0.4) is 0 Å². The molecule has 3 nitrogen and oxygen atoms in total. The van der Waals surface area contributed by atoms with Gasteiger partial charge in [0, 0.05) is 25.0 Å². The molecule has 0 aromatic heterocycles. The lowest BCUT2D eigenvalue weighted by Gasteiger charge is -2.22. The molecule has 1 aliphatic heterocycles. The van der Waals surface area contributed by atoms with Gasteiger partial charge in [-0.3, -0.25) is 4.79 Å². The highest BCUT2D eigenvalue weighted by Crippen LogP contribution is 2.28. The van der Waals surface area contributed by atoms with E-state index >= 15 is 0 Å². The zero-order valence-electron chi connectivity index (χ0n) is 17.0. The number of nitrogens with zero attached hydrogens (tertiary/aromatic N) is 1. The molecular weight excluding hydrogens is 392 g/mol. The Bertz CT molecular complexity index is 922. The summed E-state index contributed by atoms with van der Waals surface area (Å²) in [5, 5.41) is 3.65. The van der Waals surface area contributed by atoms with Crippen molar-refractivity contribution in [3.63, 3.8) is 0 Å². The van der Waals surface area contributed by atoms with Crippen LogP contribution >= 0.6 is 11.6 Å². The fourth-order valence-corrected chi connectivity index (χ4v) is 4.49. The Hall–Kier alpha value is -2.62. The summed E-state index contributed by atoms with van der Waals surface area (Å²) in [6, 6.07) is 28.8. The van der Waals surface area contributed by atoms with E-state index in [0.717, 1.165) is 32.5 Å². The van der Waals surface area contributed by atoms with Gasteiger partial charge in [0.2, 0.25) is 0 Å². The summed E-state index contributed by atoms with van der Waals surface area (Å²) in [6.07, 6.45) is 2.02. The Labute approximate surface area is 183 Å². The van der Waals surface area contributed by atoms with Crippen molar-refractivity contribution >= 4 is 17.5 Å².